The van der Waals surface area contributed by atoms with Gasteiger partial charge < -0.3 is 5.32 Å². The van der Waals surface area contributed by atoms with E-state index in [0.29, 0.717) is 16.3 Å². The Labute approximate surface area is 193 Å². The van der Waals surface area contributed by atoms with Crippen LogP contribution < -0.4 is 16.6 Å². The maximum Gasteiger partial charge on any atom is 0.336 e. The Morgan fingerprint density at radius 1 is 1.06 bits per heavy atom. The third-order valence-corrected chi connectivity index (χ3v) is 5.69. The first-order valence-electron chi connectivity index (χ1n) is 10.3. The maximum atomic E-state index is 13.5. The summed E-state index contributed by atoms with van der Waals surface area (Å²) in [4.78, 5) is 39.8. The number of aryl methyl sites for hydroxylation is 1. The first-order chi connectivity index (χ1) is 15.8. The molecule has 6 nitrogen and oxygen atoms in total. The van der Waals surface area contributed by atoms with Gasteiger partial charge in [-0.05, 0) is 67.4 Å². The molecule has 0 aliphatic carbocycles. The first-order valence-corrected chi connectivity index (χ1v) is 10.7. The number of nitrogens with zero attached hydrogens (tertiary/aromatic N) is 2. The van der Waals surface area contributed by atoms with E-state index in [9.17, 15) is 18.8 Å². The summed E-state index contributed by atoms with van der Waals surface area (Å²) in [5.74, 6) is -0.802. The van der Waals surface area contributed by atoms with Crippen molar-refractivity contribution in [3.8, 4) is 5.69 Å². The van der Waals surface area contributed by atoms with Crippen molar-refractivity contribution in [2.75, 3.05) is 0 Å². The molecule has 0 spiro atoms. The van der Waals surface area contributed by atoms with Crippen molar-refractivity contribution in [2.24, 2.45) is 0 Å². The summed E-state index contributed by atoms with van der Waals surface area (Å²) in [6.45, 7) is 3.60. The van der Waals surface area contributed by atoms with E-state index in [0.717, 1.165) is 10.1 Å². The zero-order chi connectivity index (χ0) is 23.7. The number of amides is 1. The van der Waals surface area contributed by atoms with Crippen molar-refractivity contribution < 1.29 is 9.18 Å². The van der Waals surface area contributed by atoms with Crippen molar-refractivity contribution in [3.05, 3.63) is 110 Å². The van der Waals surface area contributed by atoms with Crippen LogP contribution >= 0.6 is 11.6 Å². The zero-order valence-corrected chi connectivity index (χ0v) is 18.8. The minimum absolute atomic E-state index is 0.161. The van der Waals surface area contributed by atoms with Gasteiger partial charge in [0, 0.05) is 11.6 Å². The van der Waals surface area contributed by atoms with Crippen LogP contribution in [0.2, 0.25) is 5.02 Å². The average molecular weight is 466 g/mol. The van der Waals surface area contributed by atoms with E-state index in [1.807, 2.05) is 13.0 Å². The van der Waals surface area contributed by atoms with Crippen molar-refractivity contribution in [1.82, 2.24) is 14.5 Å². The van der Waals surface area contributed by atoms with Crippen LogP contribution in [-0.2, 0) is 11.3 Å². The minimum atomic E-state index is -0.949. The van der Waals surface area contributed by atoms with E-state index < -0.39 is 23.2 Å². The largest absolute Gasteiger partial charge is 0.350 e. The van der Waals surface area contributed by atoms with Gasteiger partial charge in [-0.1, -0.05) is 35.9 Å². The predicted molar refractivity (Wildman–Crippen MR) is 127 cm³/mol. The molecule has 0 bridgehead atoms. The van der Waals surface area contributed by atoms with Crippen LogP contribution in [0.25, 0.3) is 16.6 Å². The van der Waals surface area contributed by atoms with E-state index in [1.54, 1.807) is 49.4 Å². The van der Waals surface area contributed by atoms with E-state index in [1.165, 1.54) is 22.8 Å². The molecule has 0 aliphatic heterocycles. The highest BCUT2D eigenvalue weighted by atomic mass is 35.5. The summed E-state index contributed by atoms with van der Waals surface area (Å²) >= 11 is 6.16. The van der Waals surface area contributed by atoms with Gasteiger partial charge in [-0.15, -0.1) is 0 Å². The number of hydrogen-bond donors (Lipinski definition) is 1. The molecule has 8 heteroatoms. The van der Waals surface area contributed by atoms with Crippen LogP contribution in [0.5, 0.6) is 0 Å². The van der Waals surface area contributed by atoms with Crippen LogP contribution in [0, 0.1) is 12.7 Å². The lowest BCUT2D eigenvalue weighted by Crippen LogP contribution is -2.43. The molecule has 1 heterocycles. The van der Waals surface area contributed by atoms with Crippen molar-refractivity contribution >= 4 is 28.4 Å². The number of carbonyl (C=O) groups excluding carboxylic acids is 1. The monoisotopic (exact) mass is 465 g/mol. The molecule has 4 aromatic rings. The second kappa shape index (κ2) is 9.03. The Morgan fingerprint density at radius 3 is 2.48 bits per heavy atom. The lowest BCUT2D eigenvalue weighted by Gasteiger charge is -2.20. The molecular formula is C25H21ClFN3O3. The Hall–Kier alpha value is -3.71. The van der Waals surface area contributed by atoms with Gasteiger partial charge in [-0.3, -0.25) is 14.2 Å². The highest BCUT2D eigenvalue weighted by Crippen LogP contribution is 2.20. The van der Waals surface area contributed by atoms with Gasteiger partial charge in [-0.2, -0.15) is 0 Å². The van der Waals surface area contributed by atoms with Gasteiger partial charge in [0.15, 0.2) is 0 Å². The van der Waals surface area contributed by atoms with E-state index in [4.69, 9.17) is 11.6 Å². The third-order valence-electron chi connectivity index (χ3n) is 5.46. The van der Waals surface area contributed by atoms with E-state index in [-0.39, 0.29) is 23.3 Å². The molecule has 168 valence electrons. The molecule has 1 atom stereocenters. The number of halogens is 2. The minimum Gasteiger partial charge on any atom is -0.350 e. The second-order valence-corrected chi connectivity index (χ2v) is 8.25. The number of benzene rings is 3. The quantitative estimate of drug-likeness (QED) is 0.481. The van der Waals surface area contributed by atoms with Crippen molar-refractivity contribution in [2.45, 2.75) is 26.4 Å². The lowest BCUT2D eigenvalue weighted by molar-refractivity contribution is -0.124. The van der Waals surface area contributed by atoms with Crippen LogP contribution in [0.1, 0.15) is 24.1 Å². The fourth-order valence-electron chi connectivity index (χ4n) is 3.73. The summed E-state index contributed by atoms with van der Waals surface area (Å²) in [6, 6.07) is 16.4. The molecule has 0 saturated carbocycles. The van der Waals surface area contributed by atoms with Crippen LogP contribution in [0.3, 0.4) is 0 Å². The van der Waals surface area contributed by atoms with Crippen LogP contribution in [0.4, 0.5) is 4.39 Å². The third kappa shape index (κ3) is 4.45. The summed E-state index contributed by atoms with van der Waals surface area (Å²) in [7, 11) is 0. The zero-order valence-electron chi connectivity index (χ0n) is 18.0. The summed E-state index contributed by atoms with van der Waals surface area (Å²) < 4.78 is 15.5. The van der Waals surface area contributed by atoms with E-state index in [2.05, 4.69) is 5.32 Å². The molecule has 0 unspecified atom stereocenters. The Morgan fingerprint density at radius 2 is 1.79 bits per heavy atom. The number of rotatable bonds is 5. The fourth-order valence-corrected chi connectivity index (χ4v) is 3.89. The van der Waals surface area contributed by atoms with Crippen molar-refractivity contribution in [1.29, 1.82) is 0 Å². The fraction of sp³-hybridized carbons (Fsp3) is 0.160. The topological polar surface area (TPSA) is 73.1 Å². The summed E-state index contributed by atoms with van der Waals surface area (Å²) in [5, 5.41) is 3.36. The number of hydrogen-bond acceptors (Lipinski definition) is 3. The van der Waals surface area contributed by atoms with Crippen LogP contribution in [-0.4, -0.2) is 15.0 Å². The molecule has 0 fully saturated rings. The molecular weight excluding hydrogens is 445 g/mol. The molecule has 1 amide bonds. The summed E-state index contributed by atoms with van der Waals surface area (Å²) in [6.07, 6.45) is 0. The van der Waals surface area contributed by atoms with E-state index >= 15 is 0 Å². The van der Waals surface area contributed by atoms with Crippen molar-refractivity contribution in [3.63, 3.8) is 0 Å². The predicted octanol–water partition coefficient (Wildman–Crippen LogP) is 4.13. The normalized spacial score (nSPS) is 12.0. The lowest BCUT2D eigenvalue weighted by atomic mass is 10.2. The molecule has 4 rings (SSSR count). The molecule has 0 aliphatic rings. The average Bonchev–Trinajstić information content (AvgIpc) is 2.78. The molecule has 1 N–H and O–H groups in total. The SMILES string of the molecule is Cc1cccc(-n2c(=O)c3ccc(Cl)cc3n([C@@H](C)C(=O)NCc3ccc(F)cc3)c2=O)c1. The molecule has 1 aromatic heterocycles. The Kier molecular flexibility index (Phi) is 6.16. The van der Waals surface area contributed by atoms with Gasteiger partial charge in [0.05, 0.1) is 16.6 Å². The molecule has 3 aromatic carbocycles. The second-order valence-electron chi connectivity index (χ2n) is 7.81. The van der Waals surface area contributed by atoms with Gasteiger partial charge in [0.2, 0.25) is 5.91 Å². The first kappa shape index (κ1) is 22.5. The number of carbonyl (C=O) groups is 1. The standard InChI is InChI=1S/C25H21ClFN3O3/c1-15-4-3-5-20(12-15)30-24(32)21-11-8-18(26)13-22(21)29(25(30)33)16(2)23(31)28-14-17-6-9-19(27)10-7-17/h3-13,16H,14H2,1-2H3,(H,28,31)/t16-/m0/s1. The highest BCUT2D eigenvalue weighted by molar-refractivity contribution is 6.31. The van der Waals surface area contributed by atoms with Gasteiger partial charge in [0.1, 0.15) is 11.9 Å². The van der Waals surface area contributed by atoms with Gasteiger partial charge in [0.25, 0.3) is 5.56 Å². The maximum absolute atomic E-state index is 13.5. The Balaban J connectivity index is 1.82. The molecule has 0 radical (unpaired) electrons. The smallest absolute Gasteiger partial charge is 0.336 e. The highest BCUT2D eigenvalue weighted by Gasteiger charge is 2.23. The number of aromatic nitrogens is 2. The Bertz CT molecular complexity index is 1480. The van der Waals surface area contributed by atoms with Gasteiger partial charge in [-0.25, -0.2) is 13.8 Å². The molecule has 0 saturated heterocycles. The summed E-state index contributed by atoms with van der Waals surface area (Å²) in [5.41, 5.74) is 1.13. The molecule has 33 heavy (non-hydrogen) atoms. The number of fused-ring (bicyclic) bond motifs is 1. The van der Waals surface area contributed by atoms with Gasteiger partial charge >= 0.3 is 5.69 Å². The van der Waals surface area contributed by atoms with Crippen LogP contribution in [0.15, 0.2) is 76.3 Å². The number of nitrogens with one attached hydrogen (secondary N) is 1.